The smallest absolute Gasteiger partial charge is 0.0445 e. The highest BCUT2D eigenvalue weighted by Gasteiger charge is 2.20. The molecule has 4 heteroatoms. The van der Waals surface area contributed by atoms with Crippen molar-refractivity contribution in [1.29, 1.82) is 0 Å². The minimum absolute atomic E-state index is 0.150. The lowest BCUT2D eigenvalue weighted by molar-refractivity contribution is 0.140. The first-order valence-corrected chi connectivity index (χ1v) is 8.99. The zero-order valence-corrected chi connectivity index (χ0v) is 13.7. The maximum absolute atomic E-state index is 8.96. The number of likely N-dealkylation sites (tertiary alicyclic amines) is 1. The first kappa shape index (κ1) is 18.9. The number of aliphatic hydroxyl groups excluding tert-OH is 2. The highest BCUT2D eigenvalue weighted by molar-refractivity contribution is 4.77. The van der Waals surface area contributed by atoms with Crippen molar-refractivity contribution in [3.8, 4) is 0 Å². The molecule has 1 aliphatic heterocycles. The van der Waals surface area contributed by atoms with Crippen molar-refractivity contribution < 1.29 is 10.2 Å². The Hall–Kier alpha value is -0.160. The van der Waals surface area contributed by atoms with E-state index in [9.17, 15) is 0 Å². The van der Waals surface area contributed by atoms with Crippen LogP contribution in [-0.2, 0) is 0 Å². The Morgan fingerprint density at radius 1 is 0.762 bits per heavy atom. The van der Waals surface area contributed by atoms with E-state index in [-0.39, 0.29) is 12.6 Å². The van der Waals surface area contributed by atoms with Crippen LogP contribution in [0.3, 0.4) is 0 Å². The van der Waals surface area contributed by atoms with Gasteiger partial charge in [-0.25, -0.2) is 0 Å². The Kier molecular flexibility index (Phi) is 11.1. The Balaban J connectivity index is 2.30. The fourth-order valence-corrected chi connectivity index (χ4v) is 3.35. The number of aliphatic hydroxyl groups is 2. The number of nitrogens with two attached hydrogens (primary N) is 1. The van der Waals surface area contributed by atoms with E-state index in [4.69, 9.17) is 15.9 Å². The third kappa shape index (κ3) is 8.77. The molecule has 21 heavy (non-hydrogen) atoms. The molecule has 0 spiro atoms. The summed E-state index contributed by atoms with van der Waals surface area (Å²) in [5.41, 5.74) is 6.05. The molecule has 0 aromatic heterocycles. The van der Waals surface area contributed by atoms with E-state index < -0.39 is 0 Å². The summed E-state index contributed by atoms with van der Waals surface area (Å²) < 4.78 is 0. The maximum Gasteiger partial charge on any atom is 0.0445 e. The molecule has 0 radical (unpaired) electrons. The number of hydrogen-bond acceptors (Lipinski definition) is 4. The summed E-state index contributed by atoms with van der Waals surface area (Å²) in [5.74, 6) is 0. The van der Waals surface area contributed by atoms with Crippen molar-refractivity contribution in [2.24, 2.45) is 5.73 Å². The topological polar surface area (TPSA) is 69.7 Å². The lowest BCUT2D eigenvalue weighted by atomic mass is 9.96. The fourth-order valence-electron chi connectivity index (χ4n) is 3.35. The quantitative estimate of drug-likeness (QED) is 0.484. The molecule has 1 aliphatic rings. The summed E-state index contributed by atoms with van der Waals surface area (Å²) >= 11 is 0. The molecule has 0 aliphatic carbocycles. The molecule has 2 unspecified atom stereocenters. The summed E-state index contributed by atoms with van der Waals surface area (Å²) in [6.45, 7) is 3.02. The van der Waals surface area contributed by atoms with Crippen LogP contribution in [0.5, 0.6) is 0 Å². The van der Waals surface area contributed by atoms with Gasteiger partial charge in [0.15, 0.2) is 0 Å². The zero-order chi connectivity index (χ0) is 15.3. The molecular weight excluding hydrogens is 264 g/mol. The minimum atomic E-state index is 0.150. The van der Waals surface area contributed by atoms with E-state index in [2.05, 4.69) is 4.90 Å². The van der Waals surface area contributed by atoms with Gasteiger partial charge in [-0.3, -0.25) is 0 Å². The number of unbranched alkanes of at least 4 members (excludes halogenated alkanes) is 3. The fraction of sp³-hybridized carbons (Fsp3) is 1.00. The Bertz CT molecular complexity index is 233. The number of rotatable bonds is 12. The molecule has 0 bridgehead atoms. The Labute approximate surface area is 130 Å². The normalized spacial score (nSPS) is 19.6. The van der Waals surface area contributed by atoms with Crippen LogP contribution in [-0.4, -0.2) is 53.5 Å². The standard InChI is InChI=1S/C17H36N2O2/c18-16(11-15-21)9-10-17(8-4-1-2-7-14-20)19-12-5-3-6-13-19/h16-17,20-21H,1-15,18H2. The van der Waals surface area contributed by atoms with Crippen molar-refractivity contribution in [2.75, 3.05) is 26.3 Å². The highest BCUT2D eigenvalue weighted by Crippen LogP contribution is 2.21. The molecule has 1 rings (SSSR count). The molecule has 0 amide bonds. The molecule has 0 aromatic carbocycles. The largest absolute Gasteiger partial charge is 0.396 e. The van der Waals surface area contributed by atoms with Crippen molar-refractivity contribution in [3.63, 3.8) is 0 Å². The molecular formula is C17H36N2O2. The van der Waals surface area contributed by atoms with E-state index in [1.807, 2.05) is 0 Å². The summed E-state index contributed by atoms with van der Waals surface area (Å²) in [6, 6.07) is 0.820. The van der Waals surface area contributed by atoms with Crippen LogP contribution in [0.15, 0.2) is 0 Å². The van der Waals surface area contributed by atoms with Crippen molar-refractivity contribution in [3.05, 3.63) is 0 Å². The molecule has 1 saturated heterocycles. The Morgan fingerprint density at radius 2 is 1.48 bits per heavy atom. The lowest BCUT2D eigenvalue weighted by Crippen LogP contribution is -2.40. The second-order valence-corrected chi connectivity index (χ2v) is 6.53. The third-order valence-electron chi connectivity index (χ3n) is 4.72. The zero-order valence-electron chi connectivity index (χ0n) is 13.7. The van der Waals surface area contributed by atoms with Crippen LogP contribution in [0.1, 0.15) is 70.6 Å². The average molecular weight is 300 g/mol. The van der Waals surface area contributed by atoms with E-state index in [1.54, 1.807) is 0 Å². The summed E-state index contributed by atoms with van der Waals surface area (Å²) in [6.07, 6.45) is 12.8. The van der Waals surface area contributed by atoms with Gasteiger partial charge in [0, 0.05) is 25.3 Å². The first-order chi connectivity index (χ1) is 10.3. The molecule has 0 aromatic rings. The van der Waals surface area contributed by atoms with Crippen molar-refractivity contribution in [1.82, 2.24) is 4.90 Å². The van der Waals surface area contributed by atoms with Crippen LogP contribution in [0, 0.1) is 0 Å². The van der Waals surface area contributed by atoms with Gasteiger partial charge < -0.3 is 20.8 Å². The average Bonchev–Trinajstić information content (AvgIpc) is 2.51. The molecule has 2 atom stereocenters. The van der Waals surface area contributed by atoms with Crippen molar-refractivity contribution in [2.45, 2.75) is 82.7 Å². The molecule has 1 heterocycles. The van der Waals surface area contributed by atoms with Crippen LogP contribution >= 0.6 is 0 Å². The van der Waals surface area contributed by atoms with Gasteiger partial charge in [0.2, 0.25) is 0 Å². The highest BCUT2D eigenvalue weighted by atomic mass is 16.3. The summed E-state index contributed by atoms with van der Waals surface area (Å²) in [4.78, 5) is 2.67. The third-order valence-corrected chi connectivity index (χ3v) is 4.72. The SMILES string of the molecule is NC(CCO)CCC(CCCCCCO)N1CCCCC1. The second kappa shape index (κ2) is 12.4. The number of hydrogen-bond donors (Lipinski definition) is 3. The molecule has 126 valence electrons. The van der Waals surface area contributed by atoms with E-state index >= 15 is 0 Å². The van der Waals surface area contributed by atoms with Gasteiger partial charge in [-0.2, -0.15) is 0 Å². The molecule has 1 fully saturated rings. The Morgan fingerprint density at radius 3 is 2.14 bits per heavy atom. The van der Waals surface area contributed by atoms with Gasteiger partial charge >= 0.3 is 0 Å². The van der Waals surface area contributed by atoms with Gasteiger partial charge in [-0.05, 0) is 58.0 Å². The minimum Gasteiger partial charge on any atom is -0.396 e. The second-order valence-electron chi connectivity index (χ2n) is 6.53. The monoisotopic (exact) mass is 300 g/mol. The molecule has 4 N–H and O–H groups in total. The van der Waals surface area contributed by atoms with E-state index in [0.29, 0.717) is 12.6 Å². The predicted octanol–water partition coefficient (Wildman–Crippen LogP) is 2.27. The van der Waals surface area contributed by atoms with Crippen molar-refractivity contribution >= 4 is 0 Å². The summed E-state index contributed by atoms with van der Waals surface area (Å²) in [5, 5.41) is 17.8. The van der Waals surface area contributed by atoms with Crippen LogP contribution in [0.25, 0.3) is 0 Å². The number of nitrogens with zero attached hydrogens (tertiary/aromatic N) is 1. The molecule has 0 saturated carbocycles. The van der Waals surface area contributed by atoms with Gasteiger partial charge in [-0.1, -0.05) is 25.7 Å². The van der Waals surface area contributed by atoms with E-state index in [0.717, 1.165) is 25.7 Å². The predicted molar refractivity (Wildman–Crippen MR) is 88.3 cm³/mol. The van der Waals surface area contributed by atoms with Crippen LogP contribution < -0.4 is 5.73 Å². The van der Waals surface area contributed by atoms with Gasteiger partial charge in [0.1, 0.15) is 0 Å². The van der Waals surface area contributed by atoms with Gasteiger partial charge in [-0.15, -0.1) is 0 Å². The van der Waals surface area contributed by atoms with Crippen LogP contribution in [0.2, 0.25) is 0 Å². The van der Waals surface area contributed by atoms with Gasteiger partial charge in [0.25, 0.3) is 0 Å². The summed E-state index contributed by atoms with van der Waals surface area (Å²) in [7, 11) is 0. The maximum atomic E-state index is 8.96. The first-order valence-electron chi connectivity index (χ1n) is 8.99. The lowest BCUT2D eigenvalue weighted by Gasteiger charge is -2.35. The van der Waals surface area contributed by atoms with Gasteiger partial charge in [0.05, 0.1) is 0 Å². The number of piperidine rings is 1. The molecule has 4 nitrogen and oxygen atoms in total. The van der Waals surface area contributed by atoms with E-state index in [1.165, 1.54) is 58.0 Å². The van der Waals surface area contributed by atoms with Crippen LogP contribution in [0.4, 0.5) is 0 Å².